The van der Waals surface area contributed by atoms with E-state index in [1.807, 2.05) is 61.5 Å². The van der Waals surface area contributed by atoms with Gasteiger partial charge in [0.2, 0.25) is 0 Å². The zero-order valence-corrected chi connectivity index (χ0v) is 19.0. The predicted octanol–water partition coefficient (Wildman–Crippen LogP) is 6.06. The predicted molar refractivity (Wildman–Crippen MR) is 131 cm³/mol. The van der Waals surface area contributed by atoms with Crippen molar-refractivity contribution in [2.24, 2.45) is 0 Å². The fourth-order valence-corrected chi connectivity index (χ4v) is 4.30. The molecule has 4 rings (SSSR count). The van der Waals surface area contributed by atoms with E-state index in [4.69, 9.17) is 4.74 Å². The van der Waals surface area contributed by atoms with Crippen molar-refractivity contribution in [3.8, 4) is 16.9 Å². The third-order valence-electron chi connectivity index (χ3n) is 5.18. The molecule has 166 valence electrons. The zero-order chi connectivity index (χ0) is 23.2. The molecule has 33 heavy (non-hydrogen) atoms. The molecule has 6 heteroatoms. The Morgan fingerprint density at radius 1 is 0.909 bits per heavy atom. The second-order valence-electron chi connectivity index (χ2n) is 7.56. The maximum atomic E-state index is 12.5. The molecule has 0 aromatic heterocycles. The number of ketones is 1. The van der Waals surface area contributed by atoms with E-state index >= 15 is 0 Å². The monoisotopic (exact) mass is 457 g/mol. The molecule has 1 aliphatic heterocycles. The Balaban J connectivity index is 1.34. The molecule has 0 N–H and O–H groups in total. The number of nitrogens with zero attached hydrogens (tertiary/aromatic N) is 1. The highest BCUT2D eigenvalue weighted by Crippen LogP contribution is 2.32. The summed E-state index contributed by atoms with van der Waals surface area (Å²) in [6.45, 7) is 2.29. The molecule has 0 radical (unpaired) electrons. The first-order valence-electron chi connectivity index (χ1n) is 10.7. The number of ether oxygens (including phenoxy) is 1. The van der Waals surface area contributed by atoms with Crippen LogP contribution in [0.2, 0.25) is 0 Å². The van der Waals surface area contributed by atoms with E-state index in [-0.39, 0.29) is 23.5 Å². The maximum Gasteiger partial charge on any atom is 0.293 e. The van der Waals surface area contributed by atoms with Crippen molar-refractivity contribution in [2.45, 2.75) is 13.3 Å². The minimum atomic E-state index is -0.254. The standard InChI is InChI=1S/C27H23NO4S/c1-2-16-28-26(30)25(33-27(28)31)17-19-8-14-23(15-9-19)32-18-24(29)22-12-10-21(11-13-22)20-6-4-3-5-7-20/h3-15,17H,2,16,18H2,1H3. The van der Waals surface area contributed by atoms with E-state index in [0.29, 0.717) is 22.8 Å². The SMILES string of the molecule is CCCN1C(=O)SC(=Cc2ccc(OCC(=O)c3ccc(-c4ccccc4)cc3)cc2)C1=O. The van der Waals surface area contributed by atoms with Crippen LogP contribution in [0, 0.1) is 0 Å². The van der Waals surface area contributed by atoms with Gasteiger partial charge >= 0.3 is 0 Å². The van der Waals surface area contributed by atoms with E-state index in [1.165, 1.54) is 4.90 Å². The second kappa shape index (κ2) is 10.3. The molecular formula is C27H23NO4S. The van der Waals surface area contributed by atoms with Crippen LogP contribution in [-0.4, -0.2) is 35.0 Å². The van der Waals surface area contributed by atoms with Gasteiger partial charge in [-0.1, -0.05) is 73.7 Å². The summed E-state index contributed by atoms with van der Waals surface area (Å²) in [4.78, 5) is 38.5. The number of carbonyl (C=O) groups is 3. The summed E-state index contributed by atoms with van der Waals surface area (Å²) < 4.78 is 5.64. The van der Waals surface area contributed by atoms with Crippen LogP contribution in [0.15, 0.2) is 83.8 Å². The molecule has 3 aromatic rings. The number of amides is 2. The minimum absolute atomic E-state index is 0.0695. The highest BCUT2D eigenvalue weighted by atomic mass is 32.2. The summed E-state index contributed by atoms with van der Waals surface area (Å²) >= 11 is 0.955. The number of hydrogen-bond donors (Lipinski definition) is 0. The Kier molecular flexibility index (Phi) is 7.05. The van der Waals surface area contributed by atoms with Gasteiger partial charge in [0.15, 0.2) is 12.4 Å². The fourth-order valence-electron chi connectivity index (χ4n) is 3.44. The van der Waals surface area contributed by atoms with Crippen LogP contribution in [0.25, 0.3) is 17.2 Å². The number of hydrogen-bond acceptors (Lipinski definition) is 5. The molecule has 0 unspecified atom stereocenters. The number of thioether (sulfide) groups is 1. The van der Waals surface area contributed by atoms with Crippen molar-refractivity contribution in [1.29, 1.82) is 0 Å². The average molecular weight is 458 g/mol. The van der Waals surface area contributed by atoms with E-state index in [0.717, 1.165) is 34.9 Å². The Morgan fingerprint density at radius 2 is 1.58 bits per heavy atom. The summed E-state index contributed by atoms with van der Waals surface area (Å²) in [5.74, 6) is 0.194. The van der Waals surface area contributed by atoms with Gasteiger partial charge in [0, 0.05) is 12.1 Å². The summed E-state index contributed by atoms with van der Waals surface area (Å²) in [5.41, 5.74) is 3.53. The normalized spacial score (nSPS) is 14.7. The number of Topliss-reactive ketones (excluding diaryl/α,β-unsaturated/α-hetero) is 1. The lowest BCUT2D eigenvalue weighted by atomic mass is 10.0. The Labute approximate surface area is 197 Å². The number of rotatable bonds is 8. The summed E-state index contributed by atoms with van der Waals surface area (Å²) in [5, 5.41) is -0.233. The van der Waals surface area contributed by atoms with Crippen molar-refractivity contribution >= 4 is 34.8 Å². The van der Waals surface area contributed by atoms with Gasteiger partial charge in [0.05, 0.1) is 4.91 Å². The Morgan fingerprint density at radius 3 is 2.24 bits per heavy atom. The van der Waals surface area contributed by atoms with Crippen LogP contribution >= 0.6 is 11.8 Å². The molecule has 0 spiro atoms. The molecule has 1 aliphatic rings. The Hall–Kier alpha value is -3.64. The van der Waals surface area contributed by atoms with Crippen LogP contribution in [-0.2, 0) is 4.79 Å². The smallest absolute Gasteiger partial charge is 0.293 e. The molecule has 0 aliphatic carbocycles. The largest absolute Gasteiger partial charge is 0.485 e. The molecule has 0 saturated carbocycles. The van der Waals surface area contributed by atoms with Gasteiger partial charge in [-0.2, -0.15) is 0 Å². The van der Waals surface area contributed by atoms with Crippen LogP contribution in [0.1, 0.15) is 29.3 Å². The second-order valence-corrected chi connectivity index (χ2v) is 8.55. The number of benzene rings is 3. The van der Waals surface area contributed by atoms with Crippen molar-refractivity contribution in [3.63, 3.8) is 0 Å². The highest BCUT2D eigenvalue weighted by molar-refractivity contribution is 8.18. The van der Waals surface area contributed by atoms with Gasteiger partial charge < -0.3 is 4.74 Å². The van der Waals surface area contributed by atoms with E-state index in [9.17, 15) is 14.4 Å². The van der Waals surface area contributed by atoms with Gasteiger partial charge in [0.1, 0.15) is 5.75 Å². The Bertz CT molecular complexity index is 1190. The van der Waals surface area contributed by atoms with Crippen molar-refractivity contribution in [2.75, 3.05) is 13.2 Å². The first-order valence-corrected chi connectivity index (χ1v) is 11.5. The maximum absolute atomic E-state index is 12.5. The van der Waals surface area contributed by atoms with Crippen molar-refractivity contribution < 1.29 is 19.1 Å². The van der Waals surface area contributed by atoms with Crippen LogP contribution in [0.3, 0.4) is 0 Å². The summed E-state index contributed by atoms with van der Waals surface area (Å²) in [7, 11) is 0. The molecular weight excluding hydrogens is 434 g/mol. The van der Waals surface area contributed by atoms with Crippen molar-refractivity contribution in [3.05, 3.63) is 94.9 Å². The van der Waals surface area contributed by atoms with Gasteiger partial charge in [-0.25, -0.2) is 0 Å². The van der Waals surface area contributed by atoms with Crippen LogP contribution < -0.4 is 4.74 Å². The topological polar surface area (TPSA) is 63.7 Å². The average Bonchev–Trinajstić information content (AvgIpc) is 3.11. The molecule has 0 bridgehead atoms. The summed E-state index contributed by atoms with van der Waals surface area (Å²) in [6.07, 6.45) is 2.43. The lowest BCUT2D eigenvalue weighted by Gasteiger charge is -2.09. The molecule has 1 fully saturated rings. The molecule has 2 amide bonds. The van der Waals surface area contributed by atoms with E-state index in [1.54, 1.807) is 30.3 Å². The number of imide groups is 1. The van der Waals surface area contributed by atoms with Crippen LogP contribution in [0.4, 0.5) is 4.79 Å². The van der Waals surface area contributed by atoms with Crippen LogP contribution in [0.5, 0.6) is 5.75 Å². The number of carbonyl (C=O) groups excluding carboxylic acids is 3. The van der Waals surface area contributed by atoms with Gasteiger partial charge in [0.25, 0.3) is 11.1 Å². The first-order chi connectivity index (χ1) is 16.0. The fraction of sp³-hybridized carbons (Fsp3) is 0.148. The van der Waals surface area contributed by atoms with E-state index in [2.05, 4.69) is 0 Å². The third kappa shape index (κ3) is 5.41. The molecule has 3 aromatic carbocycles. The highest BCUT2D eigenvalue weighted by Gasteiger charge is 2.34. The third-order valence-corrected chi connectivity index (χ3v) is 6.09. The molecule has 1 saturated heterocycles. The first kappa shape index (κ1) is 22.6. The van der Waals surface area contributed by atoms with E-state index < -0.39 is 0 Å². The summed E-state index contributed by atoms with van der Waals surface area (Å²) in [6, 6.07) is 24.5. The lowest BCUT2D eigenvalue weighted by Crippen LogP contribution is -2.28. The van der Waals surface area contributed by atoms with Gasteiger partial charge in [-0.05, 0) is 53.1 Å². The molecule has 0 atom stereocenters. The quantitative estimate of drug-likeness (QED) is 0.304. The van der Waals surface area contributed by atoms with Crippen molar-refractivity contribution in [1.82, 2.24) is 4.90 Å². The lowest BCUT2D eigenvalue weighted by molar-refractivity contribution is -0.122. The van der Waals surface area contributed by atoms with Gasteiger partial charge in [-0.3, -0.25) is 19.3 Å². The molecule has 5 nitrogen and oxygen atoms in total. The molecule has 1 heterocycles. The van der Waals surface area contributed by atoms with Gasteiger partial charge in [-0.15, -0.1) is 0 Å². The minimum Gasteiger partial charge on any atom is -0.485 e. The zero-order valence-electron chi connectivity index (χ0n) is 18.2.